The number of nitrogens with one attached hydrogen (secondary N) is 2. The quantitative estimate of drug-likeness (QED) is 0.291. The standard InChI is InChI=1S/2C11H18N4O2/c2*12-10(5-8-6-13-7-14-8)11(17)15-3-1-9(16)2-4-15/h2*6-7,9-10,16H,1-5,12H2,(H,13,14)/t2*10-/m00/s1. The van der Waals surface area contributed by atoms with Gasteiger partial charge in [-0.15, -0.1) is 0 Å². The number of aliphatic hydroxyl groups is 2. The van der Waals surface area contributed by atoms with Gasteiger partial charge in [-0.3, -0.25) is 9.59 Å². The summed E-state index contributed by atoms with van der Waals surface area (Å²) >= 11 is 0. The van der Waals surface area contributed by atoms with Crippen molar-refractivity contribution in [2.24, 2.45) is 11.5 Å². The molecule has 0 spiro atoms. The Morgan fingerprint density at radius 2 is 1.18 bits per heavy atom. The highest BCUT2D eigenvalue weighted by Gasteiger charge is 2.26. The Morgan fingerprint density at radius 3 is 1.47 bits per heavy atom. The Bertz CT molecular complexity index is 787. The van der Waals surface area contributed by atoms with Gasteiger partial charge in [-0.05, 0) is 25.7 Å². The minimum absolute atomic E-state index is 0.0495. The van der Waals surface area contributed by atoms with Gasteiger partial charge in [0.05, 0.1) is 36.9 Å². The predicted molar refractivity (Wildman–Crippen MR) is 124 cm³/mol. The number of hydrogen-bond donors (Lipinski definition) is 6. The second kappa shape index (κ2) is 12.6. The maximum Gasteiger partial charge on any atom is 0.239 e. The van der Waals surface area contributed by atoms with Crippen molar-refractivity contribution >= 4 is 11.8 Å². The molecule has 0 bridgehead atoms. The number of aromatic amines is 2. The van der Waals surface area contributed by atoms with Gasteiger partial charge in [-0.2, -0.15) is 0 Å². The van der Waals surface area contributed by atoms with Gasteiger partial charge in [-0.1, -0.05) is 0 Å². The van der Waals surface area contributed by atoms with Crippen LogP contribution in [-0.4, -0.2) is 102 Å². The first-order valence-corrected chi connectivity index (χ1v) is 11.7. The molecule has 2 saturated heterocycles. The van der Waals surface area contributed by atoms with Crippen molar-refractivity contribution in [2.75, 3.05) is 26.2 Å². The van der Waals surface area contributed by atoms with Gasteiger partial charge >= 0.3 is 0 Å². The molecule has 188 valence electrons. The number of carbonyl (C=O) groups is 2. The van der Waals surface area contributed by atoms with Gasteiger partial charge in [0.25, 0.3) is 0 Å². The molecule has 2 amide bonds. The van der Waals surface area contributed by atoms with Gasteiger partial charge in [-0.25, -0.2) is 9.97 Å². The average molecular weight is 477 g/mol. The summed E-state index contributed by atoms with van der Waals surface area (Å²) in [5.41, 5.74) is 13.5. The number of nitrogens with two attached hydrogens (primary N) is 2. The van der Waals surface area contributed by atoms with Gasteiger partial charge in [0.2, 0.25) is 11.8 Å². The predicted octanol–water partition coefficient (Wildman–Crippen LogP) is -1.47. The zero-order valence-corrected chi connectivity index (χ0v) is 19.3. The summed E-state index contributed by atoms with van der Waals surface area (Å²) in [5.74, 6) is -0.0991. The number of carbonyl (C=O) groups excluding carboxylic acids is 2. The van der Waals surface area contributed by atoms with E-state index in [1.165, 1.54) is 0 Å². The van der Waals surface area contributed by atoms with E-state index in [2.05, 4.69) is 19.9 Å². The summed E-state index contributed by atoms with van der Waals surface area (Å²) in [6.45, 7) is 2.38. The fraction of sp³-hybridized carbons (Fsp3) is 0.636. The van der Waals surface area contributed by atoms with Crippen molar-refractivity contribution in [1.29, 1.82) is 0 Å². The second-order valence-electron chi connectivity index (χ2n) is 8.89. The molecule has 0 saturated carbocycles. The van der Waals surface area contributed by atoms with E-state index in [0.29, 0.717) is 64.7 Å². The highest BCUT2D eigenvalue weighted by molar-refractivity contribution is 5.82. The topological polar surface area (TPSA) is 190 Å². The highest BCUT2D eigenvalue weighted by atomic mass is 16.3. The minimum Gasteiger partial charge on any atom is -0.393 e. The Labute approximate surface area is 198 Å². The van der Waals surface area contributed by atoms with Crippen LogP contribution >= 0.6 is 0 Å². The number of H-pyrrole nitrogens is 2. The van der Waals surface area contributed by atoms with E-state index in [9.17, 15) is 19.8 Å². The zero-order valence-electron chi connectivity index (χ0n) is 19.3. The molecule has 0 aliphatic carbocycles. The molecule has 0 radical (unpaired) electrons. The lowest BCUT2D eigenvalue weighted by Crippen LogP contribution is -2.48. The van der Waals surface area contributed by atoms with Crippen LogP contribution in [0.3, 0.4) is 0 Å². The van der Waals surface area contributed by atoms with Crippen LogP contribution in [0.1, 0.15) is 37.1 Å². The van der Waals surface area contributed by atoms with Crippen molar-refractivity contribution in [1.82, 2.24) is 29.7 Å². The number of likely N-dealkylation sites (tertiary alicyclic amines) is 2. The third-order valence-electron chi connectivity index (χ3n) is 6.18. The molecular weight excluding hydrogens is 440 g/mol. The Balaban J connectivity index is 0.000000191. The summed E-state index contributed by atoms with van der Waals surface area (Å²) in [5, 5.41) is 18.7. The van der Waals surface area contributed by atoms with Crippen molar-refractivity contribution < 1.29 is 19.8 Å². The van der Waals surface area contributed by atoms with E-state index < -0.39 is 12.1 Å². The maximum absolute atomic E-state index is 12.0. The molecule has 2 aromatic rings. The van der Waals surface area contributed by atoms with Gasteiger partial charge in [0.1, 0.15) is 0 Å². The van der Waals surface area contributed by atoms with E-state index in [0.717, 1.165) is 11.4 Å². The van der Waals surface area contributed by atoms with E-state index >= 15 is 0 Å². The Morgan fingerprint density at radius 1 is 0.824 bits per heavy atom. The summed E-state index contributed by atoms with van der Waals surface area (Å²) < 4.78 is 0. The van der Waals surface area contributed by atoms with Crippen LogP contribution in [0.5, 0.6) is 0 Å². The molecule has 8 N–H and O–H groups in total. The molecule has 0 unspecified atom stereocenters. The largest absolute Gasteiger partial charge is 0.393 e. The van der Waals surface area contributed by atoms with Crippen LogP contribution in [0.4, 0.5) is 0 Å². The Kier molecular flexibility index (Phi) is 9.57. The highest BCUT2D eigenvalue weighted by Crippen LogP contribution is 2.13. The third-order valence-corrected chi connectivity index (χ3v) is 6.18. The SMILES string of the molecule is N[C@@H](Cc1cnc[nH]1)C(=O)N1CCC(O)CC1.N[C@@H](Cc1cnc[nH]1)C(=O)N1CCC(O)CC1. The van der Waals surface area contributed by atoms with Crippen molar-refractivity contribution in [2.45, 2.75) is 62.8 Å². The molecular formula is C22H36N8O4. The summed E-state index contributed by atoms with van der Waals surface area (Å²) in [6.07, 6.45) is 9.45. The number of hydrogen-bond acceptors (Lipinski definition) is 8. The molecule has 12 heteroatoms. The molecule has 2 aliphatic rings. The van der Waals surface area contributed by atoms with E-state index in [4.69, 9.17) is 11.5 Å². The van der Waals surface area contributed by atoms with Crippen LogP contribution in [-0.2, 0) is 22.4 Å². The monoisotopic (exact) mass is 476 g/mol. The first kappa shape index (κ1) is 25.8. The zero-order chi connectivity index (χ0) is 24.5. The average Bonchev–Trinajstić information content (AvgIpc) is 3.54. The Hall–Kier alpha value is -2.80. The summed E-state index contributed by atoms with van der Waals surface area (Å²) in [6, 6.07) is -1.07. The number of imidazole rings is 2. The van der Waals surface area contributed by atoms with E-state index in [-0.39, 0.29) is 24.0 Å². The van der Waals surface area contributed by atoms with Crippen LogP contribution in [0.25, 0.3) is 0 Å². The number of aromatic nitrogens is 4. The smallest absolute Gasteiger partial charge is 0.239 e. The number of aliphatic hydroxyl groups excluding tert-OH is 2. The van der Waals surface area contributed by atoms with Crippen LogP contribution < -0.4 is 11.5 Å². The first-order chi connectivity index (χ1) is 16.3. The lowest BCUT2D eigenvalue weighted by atomic mass is 10.1. The fourth-order valence-electron chi connectivity index (χ4n) is 4.08. The molecule has 34 heavy (non-hydrogen) atoms. The van der Waals surface area contributed by atoms with E-state index in [1.54, 1.807) is 34.8 Å². The molecule has 4 heterocycles. The van der Waals surface area contributed by atoms with Crippen LogP contribution in [0.15, 0.2) is 25.0 Å². The maximum atomic E-state index is 12.0. The molecule has 4 rings (SSSR count). The third kappa shape index (κ3) is 7.62. The normalized spacial score (nSPS) is 19.3. The lowest BCUT2D eigenvalue weighted by Gasteiger charge is -2.31. The van der Waals surface area contributed by atoms with Crippen molar-refractivity contribution in [3.05, 3.63) is 36.4 Å². The number of piperidine rings is 2. The molecule has 0 aromatic carbocycles. The summed E-state index contributed by atoms with van der Waals surface area (Å²) in [7, 11) is 0. The first-order valence-electron chi connectivity index (χ1n) is 11.7. The van der Waals surface area contributed by atoms with Crippen LogP contribution in [0.2, 0.25) is 0 Å². The number of rotatable bonds is 6. The minimum atomic E-state index is -0.536. The second-order valence-corrected chi connectivity index (χ2v) is 8.89. The lowest BCUT2D eigenvalue weighted by molar-refractivity contribution is -0.135. The van der Waals surface area contributed by atoms with Crippen molar-refractivity contribution in [3.63, 3.8) is 0 Å². The van der Waals surface area contributed by atoms with Crippen LogP contribution in [0, 0.1) is 0 Å². The fourth-order valence-corrected chi connectivity index (χ4v) is 4.08. The molecule has 2 aromatic heterocycles. The summed E-state index contributed by atoms with van der Waals surface area (Å²) in [4.78, 5) is 41.1. The molecule has 12 nitrogen and oxygen atoms in total. The number of amides is 2. The number of nitrogens with zero attached hydrogens (tertiary/aromatic N) is 4. The van der Waals surface area contributed by atoms with Gasteiger partial charge in [0.15, 0.2) is 0 Å². The van der Waals surface area contributed by atoms with Crippen molar-refractivity contribution in [3.8, 4) is 0 Å². The van der Waals surface area contributed by atoms with Gasteiger partial charge < -0.3 is 41.4 Å². The van der Waals surface area contributed by atoms with Gasteiger partial charge in [0, 0.05) is 62.8 Å². The molecule has 2 fully saturated rings. The van der Waals surface area contributed by atoms with E-state index in [1.807, 2.05) is 0 Å². The molecule has 2 aliphatic heterocycles. The molecule has 2 atom stereocenters.